The second kappa shape index (κ2) is 6.67. The zero-order chi connectivity index (χ0) is 16.3. The quantitative estimate of drug-likeness (QED) is 0.754. The van der Waals surface area contributed by atoms with Gasteiger partial charge in [0.2, 0.25) is 5.91 Å². The fraction of sp³-hybridized carbons (Fsp3) is 0.588. The van der Waals surface area contributed by atoms with Gasteiger partial charge < -0.3 is 19.5 Å². The van der Waals surface area contributed by atoms with E-state index in [0.717, 1.165) is 5.76 Å². The minimum Gasteiger partial charge on any atom is -0.461 e. The lowest BCUT2D eigenvalue weighted by molar-refractivity contribution is -0.126. The van der Waals surface area contributed by atoms with Crippen LogP contribution < -0.4 is 0 Å². The highest BCUT2D eigenvalue weighted by atomic mass is 16.3. The van der Waals surface area contributed by atoms with Gasteiger partial charge in [-0.15, -0.1) is 0 Å². The molecule has 1 saturated carbocycles. The topological polar surface area (TPSA) is 73.9 Å². The molecule has 0 aromatic carbocycles. The van der Waals surface area contributed by atoms with Crippen LogP contribution in [0.15, 0.2) is 22.6 Å². The molecule has 0 radical (unpaired) electrons. The Morgan fingerprint density at radius 1 is 1.45 bits per heavy atom. The van der Waals surface area contributed by atoms with Crippen molar-refractivity contribution < 1.29 is 19.4 Å². The molecule has 5 nitrogen and oxygen atoms in total. The molecule has 1 amide bonds. The van der Waals surface area contributed by atoms with Gasteiger partial charge in [0.25, 0.3) is 0 Å². The molecular formula is C17H25NO4. The second-order valence-corrected chi connectivity index (χ2v) is 6.71. The molecule has 1 aromatic rings. The third kappa shape index (κ3) is 3.99. The molecular weight excluding hydrogens is 282 g/mol. The van der Waals surface area contributed by atoms with Gasteiger partial charge in [0.15, 0.2) is 0 Å². The number of aliphatic hydroxyl groups excluding tert-OH is 2. The molecule has 0 aliphatic heterocycles. The molecule has 1 heterocycles. The number of carbonyl (C=O) groups excluding carboxylic acids is 1. The zero-order valence-electron chi connectivity index (χ0n) is 13.5. The Hall–Kier alpha value is -1.59. The summed E-state index contributed by atoms with van der Waals surface area (Å²) in [5, 5.41) is 18.5. The number of hydrogen-bond acceptors (Lipinski definition) is 4. The smallest absolute Gasteiger partial charge is 0.246 e. The Morgan fingerprint density at radius 2 is 2.09 bits per heavy atom. The van der Waals surface area contributed by atoms with E-state index < -0.39 is 5.41 Å². The highest BCUT2D eigenvalue weighted by molar-refractivity contribution is 5.91. The van der Waals surface area contributed by atoms with Gasteiger partial charge in [-0.2, -0.15) is 0 Å². The van der Waals surface area contributed by atoms with Crippen LogP contribution in [0, 0.1) is 11.3 Å². The number of rotatable bonds is 7. The third-order valence-electron chi connectivity index (χ3n) is 4.27. The summed E-state index contributed by atoms with van der Waals surface area (Å²) < 4.78 is 5.71. The summed E-state index contributed by atoms with van der Waals surface area (Å²) in [4.78, 5) is 13.5. The van der Waals surface area contributed by atoms with Crippen molar-refractivity contribution >= 4 is 12.0 Å². The summed E-state index contributed by atoms with van der Waals surface area (Å²) >= 11 is 0. The first-order chi connectivity index (χ1) is 10.4. The molecule has 5 heteroatoms. The Labute approximate surface area is 131 Å². The van der Waals surface area contributed by atoms with Crippen molar-refractivity contribution in [3.05, 3.63) is 29.7 Å². The standard InChI is InChI=1S/C17H25NO4/c1-12-8-14(12)15-6-4-13(22-15)5-7-16(21)18(3)9-17(2,10-19)11-20/h4-7,12,14,19-20H,8-11H2,1-3H3/b7-5+. The molecule has 1 aromatic heterocycles. The molecule has 0 spiro atoms. The van der Waals surface area contributed by atoms with E-state index in [0.29, 0.717) is 17.6 Å². The number of furan rings is 1. The van der Waals surface area contributed by atoms with E-state index in [1.165, 1.54) is 17.4 Å². The van der Waals surface area contributed by atoms with Crippen LogP contribution in [0.4, 0.5) is 0 Å². The van der Waals surface area contributed by atoms with Crippen LogP contribution >= 0.6 is 0 Å². The first-order valence-electron chi connectivity index (χ1n) is 7.63. The SMILES string of the molecule is CC1CC1c1ccc(/C=C/C(=O)N(C)CC(C)(CO)CO)o1. The van der Waals surface area contributed by atoms with Gasteiger partial charge in [-0.25, -0.2) is 0 Å². The minimum atomic E-state index is -0.696. The maximum atomic E-state index is 12.1. The summed E-state index contributed by atoms with van der Waals surface area (Å²) in [6, 6.07) is 3.84. The van der Waals surface area contributed by atoms with Gasteiger partial charge in [-0.1, -0.05) is 13.8 Å². The summed E-state index contributed by atoms with van der Waals surface area (Å²) in [6.45, 7) is 3.86. The van der Waals surface area contributed by atoms with Crippen LogP contribution in [-0.4, -0.2) is 47.8 Å². The molecule has 1 aliphatic carbocycles. The van der Waals surface area contributed by atoms with Gasteiger partial charge >= 0.3 is 0 Å². The van der Waals surface area contributed by atoms with Gasteiger partial charge in [-0.05, 0) is 30.5 Å². The third-order valence-corrected chi connectivity index (χ3v) is 4.27. The fourth-order valence-corrected chi connectivity index (χ4v) is 2.46. The van der Waals surface area contributed by atoms with E-state index in [1.54, 1.807) is 20.0 Å². The van der Waals surface area contributed by atoms with Crippen molar-refractivity contribution in [2.45, 2.75) is 26.2 Å². The molecule has 2 unspecified atom stereocenters. The number of aliphatic hydroxyl groups is 2. The first-order valence-corrected chi connectivity index (χ1v) is 7.63. The lowest BCUT2D eigenvalue weighted by Gasteiger charge is -2.29. The molecule has 1 fully saturated rings. The van der Waals surface area contributed by atoms with Crippen LogP contribution in [0.5, 0.6) is 0 Å². The largest absolute Gasteiger partial charge is 0.461 e. The maximum absolute atomic E-state index is 12.1. The molecule has 122 valence electrons. The maximum Gasteiger partial charge on any atom is 0.246 e. The van der Waals surface area contributed by atoms with Crippen LogP contribution in [0.2, 0.25) is 0 Å². The normalized spacial score (nSPS) is 21.3. The minimum absolute atomic E-state index is 0.175. The summed E-state index contributed by atoms with van der Waals surface area (Å²) in [6.07, 6.45) is 4.28. The fourth-order valence-electron chi connectivity index (χ4n) is 2.46. The van der Waals surface area contributed by atoms with E-state index in [-0.39, 0.29) is 25.7 Å². The van der Waals surface area contributed by atoms with Crippen LogP contribution in [0.25, 0.3) is 6.08 Å². The van der Waals surface area contributed by atoms with Gasteiger partial charge in [0.05, 0.1) is 13.2 Å². The monoisotopic (exact) mass is 307 g/mol. The molecule has 0 bridgehead atoms. The van der Waals surface area contributed by atoms with Crippen molar-refractivity contribution in [2.75, 3.05) is 26.8 Å². The Morgan fingerprint density at radius 3 is 2.64 bits per heavy atom. The molecule has 2 rings (SSSR count). The number of carbonyl (C=O) groups is 1. The Kier molecular flexibility index (Phi) is 5.08. The first kappa shape index (κ1) is 16.8. The van der Waals surface area contributed by atoms with E-state index >= 15 is 0 Å². The van der Waals surface area contributed by atoms with E-state index in [1.807, 2.05) is 12.1 Å². The van der Waals surface area contributed by atoms with E-state index in [4.69, 9.17) is 4.42 Å². The zero-order valence-corrected chi connectivity index (χ0v) is 13.5. The predicted octanol–water partition coefficient (Wildman–Crippen LogP) is 1.87. The molecule has 22 heavy (non-hydrogen) atoms. The van der Waals surface area contributed by atoms with Gasteiger partial charge in [0.1, 0.15) is 11.5 Å². The van der Waals surface area contributed by atoms with Crippen molar-refractivity contribution in [3.8, 4) is 0 Å². The summed E-state index contributed by atoms with van der Waals surface area (Å²) in [5.41, 5.74) is -0.696. The molecule has 1 aliphatic rings. The molecule has 2 atom stereocenters. The average Bonchev–Trinajstić information content (AvgIpc) is 3.05. The van der Waals surface area contributed by atoms with Crippen molar-refractivity contribution in [1.82, 2.24) is 4.90 Å². The van der Waals surface area contributed by atoms with Crippen molar-refractivity contribution in [3.63, 3.8) is 0 Å². The van der Waals surface area contributed by atoms with Gasteiger partial charge in [0, 0.05) is 31.0 Å². The summed E-state index contributed by atoms with van der Waals surface area (Å²) in [5.74, 6) is 2.68. The molecule has 2 N–H and O–H groups in total. The van der Waals surface area contributed by atoms with Crippen LogP contribution in [-0.2, 0) is 4.79 Å². The average molecular weight is 307 g/mol. The highest BCUT2D eigenvalue weighted by Gasteiger charge is 2.36. The number of amides is 1. The highest BCUT2D eigenvalue weighted by Crippen LogP contribution is 2.47. The van der Waals surface area contributed by atoms with E-state index in [9.17, 15) is 15.0 Å². The van der Waals surface area contributed by atoms with Crippen molar-refractivity contribution in [1.29, 1.82) is 0 Å². The second-order valence-electron chi connectivity index (χ2n) is 6.71. The van der Waals surface area contributed by atoms with E-state index in [2.05, 4.69) is 6.92 Å². The Balaban J connectivity index is 1.91. The predicted molar refractivity (Wildman–Crippen MR) is 84.2 cm³/mol. The van der Waals surface area contributed by atoms with Gasteiger partial charge in [-0.3, -0.25) is 4.79 Å². The Bertz CT molecular complexity index is 545. The van der Waals surface area contributed by atoms with Crippen molar-refractivity contribution in [2.24, 2.45) is 11.3 Å². The lowest BCUT2D eigenvalue weighted by Crippen LogP contribution is -2.41. The van der Waals surface area contributed by atoms with Crippen LogP contribution in [0.1, 0.15) is 37.7 Å². The number of hydrogen-bond donors (Lipinski definition) is 2. The molecule has 0 saturated heterocycles. The van der Waals surface area contributed by atoms with Crippen LogP contribution in [0.3, 0.4) is 0 Å². The number of nitrogens with zero attached hydrogens (tertiary/aromatic N) is 1. The number of likely N-dealkylation sites (N-methyl/N-ethyl adjacent to an activating group) is 1. The summed E-state index contributed by atoms with van der Waals surface area (Å²) in [7, 11) is 1.65. The lowest BCUT2D eigenvalue weighted by atomic mass is 9.92.